The van der Waals surface area contributed by atoms with Gasteiger partial charge in [0.1, 0.15) is 5.75 Å². The summed E-state index contributed by atoms with van der Waals surface area (Å²) in [6.07, 6.45) is 0.604. The SMILES string of the molecule is CCOc1cccc(C(C)NCC(C)CC(C)O)c1. The first-order valence-corrected chi connectivity index (χ1v) is 7.17. The molecule has 3 nitrogen and oxygen atoms in total. The minimum Gasteiger partial charge on any atom is -0.494 e. The van der Waals surface area contributed by atoms with Gasteiger partial charge < -0.3 is 15.2 Å². The Labute approximate surface area is 117 Å². The number of aliphatic hydroxyl groups is 1. The molecule has 3 atom stereocenters. The lowest BCUT2D eigenvalue weighted by molar-refractivity contribution is 0.162. The normalized spacial score (nSPS) is 15.8. The van der Waals surface area contributed by atoms with Gasteiger partial charge in [0.05, 0.1) is 12.7 Å². The molecule has 0 saturated carbocycles. The van der Waals surface area contributed by atoms with Crippen molar-refractivity contribution in [1.82, 2.24) is 5.32 Å². The predicted molar refractivity (Wildman–Crippen MR) is 79.5 cm³/mol. The summed E-state index contributed by atoms with van der Waals surface area (Å²) in [7, 11) is 0. The van der Waals surface area contributed by atoms with E-state index in [1.165, 1.54) is 5.56 Å². The third-order valence-electron chi connectivity index (χ3n) is 3.19. The Kier molecular flexibility index (Phi) is 6.89. The average Bonchev–Trinajstić information content (AvgIpc) is 2.36. The molecule has 0 spiro atoms. The van der Waals surface area contributed by atoms with E-state index in [9.17, 15) is 5.11 Å². The zero-order chi connectivity index (χ0) is 14.3. The van der Waals surface area contributed by atoms with E-state index in [0.717, 1.165) is 18.7 Å². The van der Waals surface area contributed by atoms with E-state index in [0.29, 0.717) is 12.5 Å². The third-order valence-corrected chi connectivity index (χ3v) is 3.19. The molecule has 3 unspecified atom stereocenters. The Morgan fingerprint density at radius 3 is 2.63 bits per heavy atom. The number of aliphatic hydroxyl groups excluding tert-OH is 1. The van der Waals surface area contributed by atoms with Crippen LogP contribution in [0.25, 0.3) is 0 Å². The van der Waals surface area contributed by atoms with Crippen LogP contribution >= 0.6 is 0 Å². The Bertz CT molecular complexity index is 366. The summed E-state index contributed by atoms with van der Waals surface area (Å²) in [6, 6.07) is 8.49. The number of hydrogen-bond acceptors (Lipinski definition) is 3. The summed E-state index contributed by atoms with van der Waals surface area (Å²) < 4.78 is 5.51. The highest BCUT2D eigenvalue weighted by Gasteiger charge is 2.10. The molecule has 2 N–H and O–H groups in total. The summed E-state index contributed by atoms with van der Waals surface area (Å²) in [5.41, 5.74) is 1.23. The second-order valence-corrected chi connectivity index (χ2v) is 5.33. The Balaban J connectivity index is 2.48. The lowest BCUT2D eigenvalue weighted by atomic mass is 10.0. The van der Waals surface area contributed by atoms with Gasteiger partial charge in [0.25, 0.3) is 0 Å². The van der Waals surface area contributed by atoms with Crippen molar-refractivity contribution in [3.05, 3.63) is 29.8 Å². The smallest absolute Gasteiger partial charge is 0.119 e. The van der Waals surface area contributed by atoms with Crippen LogP contribution in [-0.4, -0.2) is 24.4 Å². The van der Waals surface area contributed by atoms with Crippen LogP contribution < -0.4 is 10.1 Å². The van der Waals surface area contributed by atoms with Crippen LogP contribution in [-0.2, 0) is 0 Å². The standard InChI is InChI=1S/C16H27NO2/c1-5-19-16-8-6-7-15(10-16)14(4)17-11-12(2)9-13(3)18/h6-8,10,12-14,17-18H,5,9,11H2,1-4H3. The maximum Gasteiger partial charge on any atom is 0.119 e. The van der Waals surface area contributed by atoms with Crippen LogP contribution in [0.1, 0.15) is 45.7 Å². The highest BCUT2D eigenvalue weighted by Crippen LogP contribution is 2.19. The lowest BCUT2D eigenvalue weighted by Gasteiger charge is -2.19. The van der Waals surface area contributed by atoms with Crippen LogP contribution in [0.3, 0.4) is 0 Å². The predicted octanol–water partition coefficient (Wildman–Crippen LogP) is 3.14. The van der Waals surface area contributed by atoms with Crippen molar-refractivity contribution in [2.24, 2.45) is 5.92 Å². The molecule has 0 aliphatic carbocycles. The molecule has 1 aromatic carbocycles. The number of benzene rings is 1. The first-order valence-electron chi connectivity index (χ1n) is 7.17. The Morgan fingerprint density at radius 2 is 2.00 bits per heavy atom. The van der Waals surface area contributed by atoms with Crippen molar-refractivity contribution in [1.29, 1.82) is 0 Å². The van der Waals surface area contributed by atoms with Crippen LogP contribution in [0.15, 0.2) is 24.3 Å². The largest absolute Gasteiger partial charge is 0.494 e. The van der Waals surface area contributed by atoms with E-state index in [1.54, 1.807) is 0 Å². The highest BCUT2D eigenvalue weighted by atomic mass is 16.5. The Hall–Kier alpha value is -1.06. The van der Waals surface area contributed by atoms with Gasteiger partial charge in [-0.2, -0.15) is 0 Å². The minimum absolute atomic E-state index is 0.228. The molecule has 1 rings (SSSR count). The summed E-state index contributed by atoms with van der Waals surface area (Å²) in [5, 5.41) is 12.9. The molecule has 0 aliphatic heterocycles. The summed E-state index contributed by atoms with van der Waals surface area (Å²) in [4.78, 5) is 0. The number of ether oxygens (including phenoxy) is 1. The molecule has 0 amide bonds. The van der Waals surface area contributed by atoms with Crippen molar-refractivity contribution >= 4 is 0 Å². The fourth-order valence-electron chi connectivity index (χ4n) is 2.20. The van der Waals surface area contributed by atoms with Crippen molar-refractivity contribution in [3.63, 3.8) is 0 Å². The molecule has 0 bridgehead atoms. The fourth-order valence-corrected chi connectivity index (χ4v) is 2.20. The van der Waals surface area contributed by atoms with Gasteiger partial charge in [0.2, 0.25) is 0 Å². The molecule has 0 saturated heterocycles. The average molecular weight is 265 g/mol. The summed E-state index contributed by atoms with van der Waals surface area (Å²) in [5.74, 6) is 1.39. The maximum absolute atomic E-state index is 9.36. The first-order chi connectivity index (χ1) is 9.02. The molecular weight excluding hydrogens is 238 g/mol. The monoisotopic (exact) mass is 265 g/mol. The second kappa shape index (κ2) is 8.18. The number of rotatable bonds is 8. The minimum atomic E-state index is -0.228. The molecule has 0 fully saturated rings. The third kappa shape index (κ3) is 6.08. The van der Waals surface area contributed by atoms with E-state index >= 15 is 0 Å². The molecule has 108 valence electrons. The molecule has 0 aliphatic rings. The van der Waals surface area contributed by atoms with Crippen molar-refractivity contribution in [2.45, 2.75) is 46.3 Å². The molecule has 0 radical (unpaired) electrons. The summed E-state index contributed by atoms with van der Waals surface area (Å²) in [6.45, 7) is 9.74. The van der Waals surface area contributed by atoms with E-state index < -0.39 is 0 Å². The molecule has 1 aromatic rings. The number of hydrogen-bond donors (Lipinski definition) is 2. The zero-order valence-corrected chi connectivity index (χ0v) is 12.5. The van der Waals surface area contributed by atoms with Crippen molar-refractivity contribution in [3.8, 4) is 5.75 Å². The van der Waals surface area contributed by atoms with E-state index in [4.69, 9.17) is 4.74 Å². The van der Waals surface area contributed by atoms with Crippen molar-refractivity contribution in [2.75, 3.05) is 13.2 Å². The zero-order valence-electron chi connectivity index (χ0n) is 12.5. The molecule has 19 heavy (non-hydrogen) atoms. The van der Waals surface area contributed by atoms with Gasteiger partial charge in [-0.15, -0.1) is 0 Å². The first kappa shape index (κ1) is 16.0. The van der Waals surface area contributed by atoms with Gasteiger partial charge in [-0.05, 0) is 57.4 Å². The highest BCUT2D eigenvalue weighted by molar-refractivity contribution is 5.30. The molecule has 0 aromatic heterocycles. The van der Waals surface area contributed by atoms with Crippen LogP contribution in [0, 0.1) is 5.92 Å². The van der Waals surface area contributed by atoms with Gasteiger partial charge in [-0.3, -0.25) is 0 Å². The van der Waals surface area contributed by atoms with E-state index in [1.807, 2.05) is 26.0 Å². The van der Waals surface area contributed by atoms with E-state index in [-0.39, 0.29) is 12.1 Å². The molecular formula is C16H27NO2. The van der Waals surface area contributed by atoms with Crippen LogP contribution in [0.2, 0.25) is 0 Å². The summed E-state index contributed by atoms with van der Waals surface area (Å²) >= 11 is 0. The molecule has 0 heterocycles. The van der Waals surface area contributed by atoms with Gasteiger partial charge in [-0.1, -0.05) is 19.1 Å². The quantitative estimate of drug-likeness (QED) is 0.758. The van der Waals surface area contributed by atoms with Gasteiger partial charge in [0, 0.05) is 6.04 Å². The van der Waals surface area contributed by atoms with Gasteiger partial charge >= 0.3 is 0 Å². The van der Waals surface area contributed by atoms with Crippen molar-refractivity contribution < 1.29 is 9.84 Å². The second-order valence-electron chi connectivity index (χ2n) is 5.33. The fraction of sp³-hybridized carbons (Fsp3) is 0.625. The molecule has 3 heteroatoms. The van der Waals surface area contributed by atoms with Crippen LogP contribution in [0.5, 0.6) is 5.75 Å². The van der Waals surface area contributed by atoms with Crippen LogP contribution in [0.4, 0.5) is 0 Å². The number of nitrogens with one attached hydrogen (secondary N) is 1. The maximum atomic E-state index is 9.36. The van der Waals surface area contributed by atoms with Gasteiger partial charge in [0.15, 0.2) is 0 Å². The Morgan fingerprint density at radius 1 is 1.26 bits per heavy atom. The topological polar surface area (TPSA) is 41.5 Å². The lowest BCUT2D eigenvalue weighted by Crippen LogP contribution is -2.26. The van der Waals surface area contributed by atoms with Gasteiger partial charge in [-0.25, -0.2) is 0 Å². The van der Waals surface area contributed by atoms with E-state index in [2.05, 4.69) is 31.3 Å².